The first-order valence-electron chi connectivity index (χ1n) is 12.9. The van der Waals surface area contributed by atoms with Crippen molar-refractivity contribution in [3.05, 3.63) is 111 Å². The van der Waals surface area contributed by atoms with E-state index in [4.69, 9.17) is 23.2 Å². The number of imidazole rings is 1. The molecule has 1 aromatic heterocycles. The van der Waals surface area contributed by atoms with Crippen molar-refractivity contribution in [2.24, 2.45) is 0 Å². The lowest BCUT2D eigenvalue weighted by atomic mass is 9.86. The third-order valence-electron chi connectivity index (χ3n) is 6.97. The SMILES string of the molecule is CCCC(CC(=O)c1ccc(-c2c(Cl)cccc2-c2nc3ccccc3[nH]2)c(C(=O)O)c1)c1ccc(Cl)cc1F. The highest BCUT2D eigenvalue weighted by molar-refractivity contribution is 6.34. The van der Waals surface area contributed by atoms with Gasteiger partial charge in [0.15, 0.2) is 5.78 Å². The summed E-state index contributed by atoms with van der Waals surface area (Å²) in [6.45, 7) is 1.96. The van der Waals surface area contributed by atoms with Gasteiger partial charge < -0.3 is 10.1 Å². The Bertz CT molecular complexity index is 1720. The number of nitrogens with zero attached hydrogens (tertiary/aromatic N) is 1. The highest BCUT2D eigenvalue weighted by atomic mass is 35.5. The Morgan fingerprint density at radius 2 is 1.77 bits per heavy atom. The monoisotopic (exact) mass is 574 g/mol. The van der Waals surface area contributed by atoms with E-state index < -0.39 is 11.8 Å². The molecule has 0 saturated carbocycles. The number of para-hydroxylation sites is 2. The number of carbonyl (C=O) groups is 2. The Kier molecular flexibility index (Phi) is 8.01. The number of H-pyrrole nitrogens is 1. The standard InChI is InChI=1S/C32H25Cl2FN2O3/c1-2-6-18(21-14-12-20(33)17-26(21)35)16-29(38)19-11-13-22(24(15-19)32(39)40)30-23(7-5-8-25(30)34)31-36-27-9-3-4-10-28(27)37-31/h3-5,7-15,17-18H,2,6,16H2,1H3,(H,36,37)(H,39,40). The van der Waals surface area contributed by atoms with Crippen molar-refractivity contribution in [2.75, 3.05) is 0 Å². The molecule has 5 aromatic rings. The van der Waals surface area contributed by atoms with E-state index >= 15 is 0 Å². The molecule has 0 saturated heterocycles. The van der Waals surface area contributed by atoms with Crippen LogP contribution in [0.1, 0.15) is 58.4 Å². The molecule has 0 bridgehead atoms. The lowest BCUT2D eigenvalue weighted by molar-refractivity contribution is 0.0697. The molecule has 1 unspecified atom stereocenters. The second kappa shape index (κ2) is 11.6. The largest absolute Gasteiger partial charge is 0.478 e. The molecule has 2 N–H and O–H groups in total. The minimum absolute atomic E-state index is 0.0289. The van der Waals surface area contributed by atoms with Crippen LogP contribution in [0.4, 0.5) is 4.39 Å². The predicted octanol–water partition coefficient (Wildman–Crippen LogP) is 9.20. The normalized spacial score (nSPS) is 12.0. The number of hydrogen-bond donors (Lipinski definition) is 2. The Labute approximate surface area is 240 Å². The van der Waals surface area contributed by atoms with Crippen molar-refractivity contribution < 1.29 is 19.1 Å². The third kappa shape index (κ3) is 5.51. The number of carboxylic acid groups (broad SMARTS) is 1. The summed E-state index contributed by atoms with van der Waals surface area (Å²) in [5, 5.41) is 10.8. The zero-order valence-electron chi connectivity index (χ0n) is 21.5. The molecule has 5 nitrogen and oxygen atoms in total. The molecule has 202 valence electrons. The second-order valence-corrected chi connectivity index (χ2v) is 10.5. The number of carbonyl (C=O) groups excluding carboxylic acids is 1. The van der Waals surface area contributed by atoms with Crippen molar-refractivity contribution in [3.63, 3.8) is 0 Å². The molecule has 1 atom stereocenters. The molecule has 8 heteroatoms. The number of Topliss-reactive ketones (excluding diaryl/α,β-unsaturated/α-hetero) is 1. The number of benzene rings is 4. The van der Waals surface area contributed by atoms with Crippen LogP contribution in [0.3, 0.4) is 0 Å². The third-order valence-corrected chi connectivity index (χ3v) is 7.52. The average molecular weight is 575 g/mol. The fourth-order valence-corrected chi connectivity index (χ4v) is 5.51. The van der Waals surface area contributed by atoms with E-state index in [9.17, 15) is 19.1 Å². The van der Waals surface area contributed by atoms with Crippen LogP contribution in [0, 0.1) is 5.82 Å². The number of nitrogens with one attached hydrogen (secondary N) is 1. The molecule has 5 rings (SSSR count). The molecule has 0 aliphatic heterocycles. The maximum absolute atomic E-state index is 14.7. The number of fused-ring (bicyclic) bond motifs is 1. The number of halogens is 3. The number of aromatic carboxylic acids is 1. The van der Waals surface area contributed by atoms with Crippen LogP contribution < -0.4 is 0 Å². The highest BCUT2D eigenvalue weighted by Crippen LogP contribution is 2.39. The fourth-order valence-electron chi connectivity index (χ4n) is 5.08. The van der Waals surface area contributed by atoms with Crippen molar-refractivity contribution in [1.82, 2.24) is 9.97 Å². The lowest BCUT2D eigenvalue weighted by Gasteiger charge is -2.18. The van der Waals surface area contributed by atoms with Crippen LogP contribution in [0.2, 0.25) is 10.0 Å². The lowest BCUT2D eigenvalue weighted by Crippen LogP contribution is -2.11. The minimum Gasteiger partial charge on any atom is -0.478 e. The smallest absolute Gasteiger partial charge is 0.336 e. The molecule has 0 aliphatic rings. The molecule has 0 fully saturated rings. The molecular weight excluding hydrogens is 550 g/mol. The average Bonchev–Trinajstić information content (AvgIpc) is 3.37. The van der Waals surface area contributed by atoms with Gasteiger partial charge in [0.1, 0.15) is 11.6 Å². The van der Waals surface area contributed by atoms with Crippen LogP contribution in [-0.2, 0) is 0 Å². The van der Waals surface area contributed by atoms with Gasteiger partial charge in [0.05, 0.1) is 16.6 Å². The van der Waals surface area contributed by atoms with Crippen LogP contribution in [-0.4, -0.2) is 26.8 Å². The Morgan fingerprint density at radius 1 is 0.975 bits per heavy atom. The predicted molar refractivity (Wildman–Crippen MR) is 157 cm³/mol. The second-order valence-electron chi connectivity index (χ2n) is 9.61. The van der Waals surface area contributed by atoms with Gasteiger partial charge in [-0.05, 0) is 59.9 Å². The Hall–Kier alpha value is -4.00. The quantitative estimate of drug-likeness (QED) is 0.172. The van der Waals surface area contributed by atoms with Crippen molar-refractivity contribution in [3.8, 4) is 22.5 Å². The van der Waals surface area contributed by atoms with Gasteiger partial charge in [-0.2, -0.15) is 0 Å². The molecule has 0 aliphatic carbocycles. The highest BCUT2D eigenvalue weighted by Gasteiger charge is 2.24. The Morgan fingerprint density at radius 3 is 2.50 bits per heavy atom. The fraction of sp³-hybridized carbons (Fsp3) is 0.156. The molecule has 0 spiro atoms. The van der Waals surface area contributed by atoms with E-state index in [0.717, 1.165) is 17.5 Å². The summed E-state index contributed by atoms with van der Waals surface area (Å²) in [6.07, 6.45) is 1.37. The Balaban J connectivity index is 1.54. The zero-order valence-corrected chi connectivity index (χ0v) is 23.1. The van der Waals surface area contributed by atoms with E-state index in [-0.39, 0.29) is 34.3 Å². The molecule has 0 radical (unpaired) electrons. The van der Waals surface area contributed by atoms with E-state index in [2.05, 4.69) is 9.97 Å². The number of carboxylic acids is 1. The van der Waals surface area contributed by atoms with E-state index in [0.29, 0.717) is 39.5 Å². The summed E-state index contributed by atoms with van der Waals surface area (Å²) >= 11 is 12.6. The van der Waals surface area contributed by atoms with Gasteiger partial charge in [0, 0.05) is 33.2 Å². The van der Waals surface area contributed by atoms with E-state index in [1.54, 1.807) is 36.4 Å². The first kappa shape index (κ1) is 27.6. The number of hydrogen-bond acceptors (Lipinski definition) is 3. The van der Waals surface area contributed by atoms with Gasteiger partial charge in [-0.25, -0.2) is 14.2 Å². The molecule has 0 amide bonds. The first-order chi connectivity index (χ1) is 19.3. The summed E-state index contributed by atoms with van der Waals surface area (Å²) in [6, 6.07) is 21.9. The summed E-state index contributed by atoms with van der Waals surface area (Å²) in [5.41, 5.74) is 3.66. The minimum atomic E-state index is -1.20. The number of aromatic nitrogens is 2. The van der Waals surface area contributed by atoms with Crippen LogP contribution in [0.5, 0.6) is 0 Å². The summed E-state index contributed by atoms with van der Waals surface area (Å²) in [7, 11) is 0. The van der Waals surface area contributed by atoms with Crippen LogP contribution in [0.25, 0.3) is 33.5 Å². The van der Waals surface area contributed by atoms with Crippen molar-refractivity contribution in [1.29, 1.82) is 0 Å². The number of aromatic amines is 1. The zero-order chi connectivity index (χ0) is 28.4. The summed E-state index contributed by atoms with van der Waals surface area (Å²) in [5.74, 6) is -1.77. The topological polar surface area (TPSA) is 83.0 Å². The maximum atomic E-state index is 14.7. The van der Waals surface area contributed by atoms with Gasteiger partial charge in [0.2, 0.25) is 0 Å². The first-order valence-corrected chi connectivity index (χ1v) is 13.6. The van der Waals surface area contributed by atoms with E-state index in [1.165, 1.54) is 12.1 Å². The van der Waals surface area contributed by atoms with Gasteiger partial charge >= 0.3 is 5.97 Å². The van der Waals surface area contributed by atoms with E-state index in [1.807, 2.05) is 37.3 Å². The van der Waals surface area contributed by atoms with Crippen molar-refractivity contribution >= 4 is 46.0 Å². The molecular formula is C32H25Cl2FN2O3. The summed E-state index contributed by atoms with van der Waals surface area (Å²) in [4.78, 5) is 33.8. The van der Waals surface area contributed by atoms with Gasteiger partial charge in [-0.1, -0.05) is 79.0 Å². The van der Waals surface area contributed by atoms with Gasteiger partial charge in [-0.3, -0.25) is 4.79 Å². The van der Waals surface area contributed by atoms with Crippen LogP contribution >= 0.6 is 23.2 Å². The number of ketones is 1. The van der Waals surface area contributed by atoms with Crippen molar-refractivity contribution in [2.45, 2.75) is 32.1 Å². The summed E-state index contributed by atoms with van der Waals surface area (Å²) < 4.78 is 14.7. The molecule has 1 heterocycles. The maximum Gasteiger partial charge on any atom is 0.336 e. The molecule has 4 aromatic carbocycles. The van der Waals surface area contributed by atoms with Gasteiger partial charge in [-0.15, -0.1) is 0 Å². The number of rotatable bonds is 9. The molecule has 40 heavy (non-hydrogen) atoms. The van der Waals surface area contributed by atoms with Crippen LogP contribution in [0.15, 0.2) is 78.9 Å². The van der Waals surface area contributed by atoms with Gasteiger partial charge in [0.25, 0.3) is 0 Å².